The number of hydrogen-bond donors (Lipinski definition) is 1. The molecular formula is C18H23N3O4S. The highest BCUT2D eigenvalue weighted by molar-refractivity contribution is 7.91. The van der Waals surface area contributed by atoms with Crippen LogP contribution in [0.4, 0.5) is 0 Å². The third kappa shape index (κ3) is 3.55. The first-order chi connectivity index (χ1) is 12.6. The van der Waals surface area contributed by atoms with Crippen LogP contribution in [0.1, 0.15) is 5.76 Å². The first-order valence-electron chi connectivity index (χ1n) is 8.86. The van der Waals surface area contributed by atoms with E-state index in [4.69, 9.17) is 4.52 Å². The highest BCUT2D eigenvalue weighted by Crippen LogP contribution is 2.28. The molecule has 2 aliphatic heterocycles. The molecule has 8 heteroatoms. The molecule has 2 atom stereocenters. The summed E-state index contributed by atoms with van der Waals surface area (Å²) >= 11 is 0. The van der Waals surface area contributed by atoms with Crippen LogP contribution in [0, 0.1) is 0 Å². The molecule has 0 bridgehead atoms. The second-order valence-electron chi connectivity index (χ2n) is 6.99. The van der Waals surface area contributed by atoms with E-state index in [1.165, 1.54) is 0 Å². The van der Waals surface area contributed by atoms with Crippen molar-refractivity contribution in [1.82, 2.24) is 15.0 Å². The van der Waals surface area contributed by atoms with Crippen LogP contribution in [-0.4, -0.2) is 78.3 Å². The Kier molecular flexibility index (Phi) is 4.83. The zero-order valence-corrected chi connectivity index (χ0v) is 15.3. The van der Waals surface area contributed by atoms with E-state index in [0.29, 0.717) is 13.1 Å². The molecule has 140 valence electrons. The summed E-state index contributed by atoms with van der Waals surface area (Å²) in [6.07, 6.45) is 0. The standard InChI is InChI=1S/C18H23N3O4S/c22-9-8-20-6-7-21(18-13-26(23,24)12-17(18)20)11-15-10-16(19-25-15)14-4-2-1-3-5-14/h1-5,10,17-18,22H,6-9,11-13H2/t17-,18+/m1/s1. The highest BCUT2D eigenvalue weighted by atomic mass is 32.2. The summed E-state index contributed by atoms with van der Waals surface area (Å²) in [6, 6.07) is 11.6. The smallest absolute Gasteiger partial charge is 0.153 e. The number of piperazine rings is 1. The van der Waals surface area contributed by atoms with Gasteiger partial charge in [0.2, 0.25) is 0 Å². The Balaban J connectivity index is 1.51. The van der Waals surface area contributed by atoms with Crippen molar-refractivity contribution in [2.45, 2.75) is 18.6 Å². The van der Waals surface area contributed by atoms with Crippen molar-refractivity contribution in [2.75, 3.05) is 37.7 Å². The summed E-state index contributed by atoms with van der Waals surface area (Å²) in [6.45, 7) is 2.61. The lowest BCUT2D eigenvalue weighted by molar-refractivity contribution is 0.0264. The van der Waals surface area contributed by atoms with E-state index in [0.717, 1.165) is 30.1 Å². The number of benzene rings is 1. The van der Waals surface area contributed by atoms with Crippen LogP contribution in [0.2, 0.25) is 0 Å². The van der Waals surface area contributed by atoms with Gasteiger partial charge in [-0.2, -0.15) is 0 Å². The molecule has 0 amide bonds. The van der Waals surface area contributed by atoms with Crippen LogP contribution >= 0.6 is 0 Å². The molecule has 0 saturated carbocycles. The second kappa shape index (κ2) is 7.11. The molecule has 3 heterocycles. The average molecular weight is 377 g/mol. The number of β-amino-alcohol motifs (C(OH)–C–C–N with tert-alkyl or cyclic N) is 1. The maximum Gasteiger partial charge on any atom is 0.153 e. The Labute approximate surface area is 153 Å². The molecule has 2 aromatic rings. The number of hydrogen-bond acceptors (Lipinski definition) is 7. The van der Waals surface area contributed by atoms with Crippen molar-refractivity contribution in [3.8, 4) is 11.3 Å². The Morgan fingerprint density at radius 3 is 2.54 bits per heavy atom. The van der Waals surface area contributed by atoms with Crippen LogP contribution < -0.4 is 0 Å². The fourth-order valence-electron chi connectivity index (χ4n) is 4.03. The number of rotatable bonds is 5. The normalized spacial score (nSPS) is 26.0. The molecule has 26 heavy (non-hydrogen) atoms. The zero-order chi connectivity index (χ0) is 18.1. The Bertz CT molecular complexity index is 852. The first kappa shape index (κ1) is 17.7. The molecule has 2 aliphatic rings. The van der Waals surface area contributed by atoms with Gasteiger partial charge in [0.05, 0.1) is 24.7 Å². The number of aliphatic hydroxyl groups is 1. The van der Waals surface area contributed by atoms with Gasteiger partial charge in [0.25, 0.3) is 0 Å². The molecule has 0 radical (unpaired) electrons. The van der Waals surface area contributed by atoms with Crippen molar-refractivity contribution < 1.29 is 18.0 Å². The minimum absolute atomic E-state index is 0.0474. The van der Waals surface area contributed by atoms with E-state index in [1.54, 1.807) is 0 Å². The van der Waals surface area contributed by atoms with E-state index < -0.39 is 9.84 Å². The third-order valence-electron chi connectivity index (χ3n) is 5.28. The summed E-state index contributed by atoms with van der Waals surface area (Å²) in [5.41, 5.74) is 1.78. The lowest BCUT2D eigenvalue weighted by atomic mass is 10.0. The molecule has 1 aromatic heterocycles. The van der Waals surface area contributed by atoms with Gasteiger partial charge >= 0.3 is 0 Å². The van der Waals surface area contributed by atoms with Gasteiger partial charge in [-0.3, -0.25) is 9.80 Å². The molecule has 0 spiro atoms. The molecular weight excluding hydrogens is 354 g/mol. The molecule has 2 saturated heterocycles. The van der Waals surface area contributed by atoms with Gasteiger partial charge in [0.15, 0.2) is 15.6 Å². The van der Waals surface area contributed by atoms with Crippen LogP contribution in [0.15, 0.2) is 40.9 Å². The fourth-order valence-corrected chi connectivity index (χ4v) is 6.07. The number of nitrogens with zero attached hydrogens (tertiary/aromatic N) is 3. The lowest BCUT2D eigenvalue weighted by Crippen LogP contribution is -2.59. The van der Waals surface area contributed by atoms with Gasteiger partial charge < -0.3 is 9.63 Å². The van der Waals surface area contributed by atoms with Gasteiger partial charge in [0.1, 0.15) is 5.69 Å². The zero-order valence-electron chi connectivity index (χ0n) is 14.5. The Morgan fingerprint density at radius 1 is 1.12 bits per heavy atom. The minimum Gasteiger partial charge on any atom is -0.395 e. The number of aliphatic hydroxyl groups excluding tert-OH is 1. The van der Waals surface area contributed by atoms with Gasteiger partial charge in [-0.25, -0.2) is 8.42 Å². The molecule has 0 aliphatic carbocycles. The largest absolute Gasteiger partial charge is 0.395 e. The van der Waals surface area contributed by atoms with E-state index in [9.17, 15) is 13.5 Å². The van der Waals surface area contributed by atoms with Crippen LogP contribution in [0.5, 0.6) is 0 Å². The number of sulfone groups is 1. The quantitative estimate of drug-likeness (QED) is 0.817. The molecule has 2 fully saturated rings. The fraction of sp³-hybridized carbons (Fsp3) is 0.500. The Morgan fingerprint density at radius 2 is 1.81 bits per heavy atom. The lowest BCUT2D eigenvalue weighted by Gasteiger charge is -2.43. The molecule has 1 aromatic carbocycles. The molecule has 0 unspecified atom stereocenters. The third-order valence-corrected chi connectivity index (χ3v) is 6.98. The van der Waals surface area contributed by atoms with Crippen molar-refractivity contribution in [3.63, 3.8) is 0 Å². The van der Waals surface area contributed by atoms with Crippen molar-refractivity contribution >= 4 is 9.84 Å². The van der Waals surface area contributed by atoms with Crippen molar-refractivity contribution in [1.29, 1.82) is 0 Å². The van der Waals surface area contributed by atoms with E-state index in [1.807, 2.05) is 36.4 Å². The van der Waals surface area contributed by atoms with Gasteiger partial charge in [-0.05, 0) is 0 Å². The summed E-state index contributed by atoms with van der Waals surface area (Å²) in [5.74, 6) is 1.07. The summed E-state index contributed by atoms with van der Waals surface area (Å²) in [5, 5.41) is 13.4. The SMILES string of the molecule is O=S1(=O)C[C@@H]2[C@H](C1)N(Cc1cc(-c3ccccc3)no1)CCN2CCO. The predicted molar refractivity (Wildman–Crippen MR) is 97.2 cm³/mol. The van der Waals surface area contributed by atoms with Gasteiger partial charge in [0, 0.05) is 43.3 Å². The average Bonchev–Trinajstić information content (AvgIpc) is 3.22. The van der Waals surface area contributed by atoms with Crippen molar-refractivity contribution in [2.24, 2.45) is 0 Å². The maximum absolute atomic E-state index is 12.2. The summed E-state index contributed by atoms with van der Waals surface area (Å²) in [4.78, 5) is 4.28. The number of fused-ring (bicyclic) bond motifs is 1. The monoisotopic (exact) mass is 377 g/mol. The highest BCUT2D eigenvalue weighted by Gasteiger charge is 2.46. The second-order valence-corrected chi connectivity index (χ2v) is 9.14. The summed E-state index contributed by atoms with van der Waals surface area (Å²) in [7, 11) is -3.05. The van der Waals surface area contributed by atoms with Crippen LogP contribution in [0.3, 0.4) is 0 Å². The molecule has 1 N–H and O–H groups in total. The van der Waals surface area contributed by atoms with E-state index in [2.05, 4.69) is 15.0 Å². The Hall–Kier alpha value is -1.74. The number of aromatic nitrogens is 1. The first-order valence-corrected chi connectivity index (χ1v) is 10.7. The van der Waals surface area contributed by atoms with Crippen LogP contribution in [-0.2, 0) is 16.4 Å². The van der Waals surface area contributed by atoms with Crippen molar-refractivity contribution in [3.05, 3.63) is 42.2 Å². The minimum atomic E-state index is -3.05. The predicted octanol–water partition coefficient (Wildman–Crippen LogP) is 0.617. The van der Waals surface area contributed by atoms with E-state index in [-0.39, 0.29) is 30.2 Å². The van der Waals surface area contributed by atoms with Gasteiger partial charge in [-0.15, -0.1) is 0 Å². The van der Waals surface area contributed by atoms with E-state index >= 15 is 0 Å². The maximum atomic E-state index is 12.2. The van der Waals surface area contributed by atoms with Crippen LogP contribution in [0.25, 0.3) is 11.3 Å². The molecule has 7 nitrogen and oxygen atoms in total. The van der Waals surface area contributed by atoms with Gasteiger partial charge in [-0.1, -0.05) is 35.5 Å². The topological polar surface area (TPSA) is 86.9 Å². The summed E-state index contributed by atoms with van der Waals surface area (Å²) < 4.78 is 29.9. The molecule has 4 rings (SSSR count).